The van der Waals surface area contributed by atoms with E-state index < -0.39 is 0 Å². The third-order valence-corrected chi connectivity index (χ3v) is 4.63. The molecule has 1 heterocycles. The highest BCUT2D eigenvalue weighted by Crippen LogP contribution is 2.25. The molecule has 5 heteroatoms. The first-order valence-electron chi connectivity index (χ1n) is 5.98. The van der Waals surface area contributed by atoms with Crippen LogP contribution < -0.4 is 5.73 Å². The zero-order valence-electron chi connectivity index (χ0n) is 10.6. The monoisotopic (exact) mass is 338 g/mol. The van der Waals surface area contributed by atoms with E-state index in [-0.39, 0.29) is 5.91 Å². The van der Waals surface area contributed by atoms with Crippen LogP contribution in [-0.4, -0.2) is 17.4 Å². The second-order valence-corrected chi connectivity index (χ2v) is 5.93. The number of hydrogen-bond acceptors (Lipinski definition) is 3. The highest BCUT2D eigenvalue weighted by Gasteiger charge is 2.18. The van der Waals surface area contributed by atoms with E-state index in [0.717, 1.165) is 20.6 Å². The van der Waals surface area contributed by atoms with Gasteiger partial charge in [0.2, 0.25) is 0 Å². The van der Waals surface area contributed by atoms with Gasteiger partial charge in [0.05, 0.1) is 0 Å². The van der Waals surface area contributed by atoms with Gasteiger partial charge in [-0.25, -0.2) is 0 Å². The number of amides is 1. The average Bonchev–Trinajstić information content (AvgIpc) is 2.81. The first-order valence-corrected chi connectivity index (χ1v) is 7.65. The number of nitrogens with zero attached hydrogens (tertiary/aromatic N) is 1. The topological polar surface area (TPSA) is 46.3 Å². The lowest BCUT2D eigenvalue weighted by Crippen LogP contribution is -2.29. The largest absolute Gasteiger partial charge is 0.399 e. The Bertz CT molecular complexity index is 582. The van der Waals surface area contributed by atoms with Gasteiger partial charge in [-0.15, -0.1) is 11.3 Å². The molecule has 2 N–H and O–H groups in total. The van der Waals surface area contributed by atoms with Crippen molar-refractivity contribution in [2.75, 3.05) is 12.3 Å². The van der Waals surface area contributed by atoms with Gasteiger partial charge in [-0.1, -0.05) is 12.1 Å². The van der Waals surface area contributed by atoms with Crippen molar-refractivity contribution in [1.82, 2.24) is 4.90 Å². The third-order valence-electron chi connectivity index (χ3n) is 2.80. The molecule has 2 rings (SSSR count). The molecule has 1 aromatic carbocycles. The summed E-state index contributed by atoms with van der Waals surface area (Å²) in [4.78, 5) is 15.0. The second-order valence-electron chi connectivity index (χ2n) is 4.16. The van der Waals surface area contributed by atoms with Gasteiger partial charge in [-0.2, -0.15) is 0 Å². The van der Waals surface area contributed by atoms with Crippen molar-refractivity contribution in [2.24, 2.45) is 0 Å². The standard InChI is InChI=1S/C14H15BrN2OS/c1-2-17(9-10-4-3-5-11(16)8-10)14(18)13-12(15)6-7-19-13/h3-8H,2,9,16H2,1H3. The predicted octanol–water partition coefficient (Wildman–Crippen LogP) is 3.76. The van der Waals surface area contributed by atoms with E-state index in [1.54, 1.807) is 0 Å². The van der Waals surface area contributed by atoms with Crippen LogP contribution >= 0.6 is 27.3 Å². The van der Waals surface area contributed by atoms with Gasteiger partial charge >= 0.3 is 0 Å². The van der Waals surface area contributed by atoms with Crippen LogP contribution in [0.4, 0.5) is 5.69 Å². The minimum atomic E-state index is 0.0480. The van der Waals surface area contributed by atoms with E-state index in [1.165, 1.54) is 11.3 Å². The van der Waals surface area contributed by atoms with Crippen LogP contribution in [0.15, 0.2) is 40.2 Å². The number of hydrogen-bond donors (Lipinski definition) is 1. The Hall–Kier alpha value is -1.33. The SMILES string of the molecule is CCN(Cc1cccc(N)c1)C(=O)c1sccc1Br. The third kappa shape index (κ3) is 3.36. The summed E-state index contributed by atoms with van der Waals surface area (Å²) in [6.45, 7) is 3.22. The van der Waals surface area contributed by atoms with Crippen LogP contribution in [0.2, 0.25) is 0 Å². The number of halogens is 1. The summed E-state index contributed by atoms with van der Waals surface area (Å²) >= 11 is 4.86. The van der Waals surface area contributed by atoms with Gasteiger partial charge in [-0.3, -0.25) is 4.79 Å². The molecular weight excluding hydrogens is 324 g/mol. The molecule has 0 aliphatic carbocycles. The van der Waals surface area contributed by atoms with E-state index in [1.807, 2.05) is 47.5 Å². The molecule has 100 valence electrons. The summed E-state index contributed by atoms with van der Waals surface area (Å²) in [7, 11) is 0. The van der Waals surface area contributed by atoms with Gasteiger partial charge in [0.15, 0.2) is 0 Å². The lowest BCUT2D eigenvalue weighted by Gasteiger charge is -2.20. The number of nitrogen functional groups attached to an aromatic ring is 1. The van der Waals surface area contributed by atoms with Crippen molar-refractivity contribution in [3.8, 4) is 0 Å². The zero-order valence-corrected chi connectivity index (χ0v) is 13.0. The van der Waals surface area contributed by atoms with E-state index >= 15 is 0 Å². The van der Waals surface area contributed by atoms with Crippen LogP contribution in [0.5, 0.6) is 0 Å². The van der Waals surface area contributed by atoms with Crippen molar-refractivity contribution in [2.45, 2.75) is 13.5 Å². The van der Waals surface area contributed by atoms with Crippen LogP contribution in [-0.2, 0) is 6.54 Å². The first-order chi connectivity index (χ1) is 9.11. The molecule has 0 unspecified atom stereocenters. The van der Waals surface area contributed by atoms with Crippen molar-refractivity contribution in [3.05, 3.63) is 50.6 Å². The number of benzene rings is 1. The highest BCUT2D eigenvalue weighted by molar-refractivity contribution is 9.10. The smallest absolute Gasteiger partial charge is 0.265 e. The lowest BCUT2D eigenvalue weighted by atomic mass is 10.2. The molecule has 0 saturated carbocycles. The number of carbonyl (C=O) groups excluding carboxylic acids is 1. The van der Waals surface area contributed by atoms with E-state index in [0.29, 0.717) is 13.1 Å². The average molecular weight is 339 g/mol. The highest BCUT2D eigenvalue weighted by atomic mass is 79.9. The minimum absolute atomic E-state index is 0.0480. The van der Waals surface area contributed by atoms with Gasteiger partial charge < -0.3 is 10.6 Å². The Morgan fingerprint density at radius 2 is 2.21 bits per heavy atom. The Morgan fingerprint density at radius 1 is 1.42 bits per heavy atom. The fourth-order valence-corrected chi connectivity index (χ4v) is 3.34. The number of anilines is 1. The summed E-state index contributed by atoms with van der Waals surface area (Å²) in [5.41, 5.74) is 7.53. The molecule has 19 heavy (non-hydrogen) atoms. The Morgan fingerprint density at radius 3 is 2.79 bits per heavy atom. The van der Waals surface area contributed by atoms with E-state index in [4.69, 9.17) is 5.73 Å². The molecule has 0 saturated heterocycles. The van der Waals surface area contributed by atoms with Crippen LogP contribution in [0.1, 0.15) is 22.2 Å². The molecule has 1 aromatic heterocycles. The molecule has 0 aliphatic heterocycles. The van der Waals surface area contributed by atoms with Gasteiger partial charge in [0.1, 0.15) is 4.88 Å². The van der Waals surface area contributed by atoms with Crippen molar-refractivity contribution in [3.63, 3.8) is 0 Å². The Labute approximate surface area is 125 Å². The maximum atomic E-state index is 12.4. The zero-order chi connectivity index (χ0) is 13.8. The molecule has 0 spiro atoms. The van der Waals surface area contributed by atoms with Gasteiger partial charge in [-0.05, 0) is 52.0 Å². The lowest BCUT2D eigenvalue weighted by molar-refractivity contribution is 0.0756. The van der Waals surface area contributed by atoms with Crippen LogP contribution in [0.3, 0.4) is 0 Å². The van der Waals surface area contributed by atoms with Crippen molar-refractivity contribution in [1.29, 1.82) is 0 Å². The Kier molecular flexibility index (Phi) is 4.61. The maximum Gasteiger partial charge on any atom is 0.265 e. The summed E-state index contributed by atoms with van der Waals surface area (Å²) in [5.74, 6) is 0.0480. The molecular formula is C14H15BrN2OS. The molecule has 2 aromatic rings. The molecule has 0 aliphatic rings. The van der Waals surface area contributed by atoms with Crippen molar-refractivity contribution < 1.29 is 4.79 Å². The number of thiophene rings is 1. The molecule has 1 amide bonds. The number of rotatable bonds is 4. The maximum absolute atomic E-state index is 12.4. The Balaban J connectivity index is 2.17. The minimum Gasteiger partial charge on any atom is -0.399 e. The van der Waals surface area contributed by atoms with Gasteiger partial charge in [0, 0.05) is 23.2 Å². The fraction of sp³-hybridized carbons (Fsp3) is 0.214. The second kappa shape index (κ2) is 6.21. The normalized spacial score (nSPS) is 10.4. The van der Waals surface area contributed by atoms with E-state index in [9.17, 15) is 4.79 Å². The summed E-state index contributed by atoms with van der Waals surface area (Å²) in [6.07, 6.45) is 0. The van der Waals surface area contributed by atoms with Gasteiger partial charge in [0.25, 0.3) is 5.91 Å². The summed E-state index contributed by atoms with van der Waals surface area (Å²) in [5, 5.41) is 1.91. The molecule has 0 atom stereocenters. The van der Waals surface area contributed by atoms with E-state index in [2.05, 4.69) is 15.9 Å². The molecule has 0 bridgehead atoms. The quantitative estimate of drug-likeness (QED) is 0.863. The predicted molar refractivity (Wildman–Crippen MR) is 83.3 cm³/mol. The van der Waals surface area contributed by atoms with Crippen LogP contribution in [0, 0.1) is 0 Å². The summed E-state index contributed by atoms with van der Waals surface area (Å²) < 4.78 is 0.855. The fourth-order valence-electron chi connectivity index (χ4n) is 1.83. The summed E-state index contributed by atoms with van der Waals surface area (Å²) in [6, 6.07) is 9.53. The molecule has 3 nitrogen and oxygen atoms in total. The first kappa shape index (κ1) is 14.1. The number of carbonyl (C=O) groups is 1. The van der Waals surface area contributed by atoms with Crippen molar-refractivity contribution >= 4 is 38.9 Å². The molecule has 0 fully saturated rings. The van der Waals surface area contributed by atoms with Crippen LogP contribution in [0.25, 0.3) is 0 Å². The number of nitrogens with two attached hydrogens (primary N) is 1. The molecule has 0 radical (unpaired) electrons.